The zero-order chi connectivity index (χ0) is 35.2. The second kappa shape index (κ2) is 24.3. The van der Waals surface area contributed by atoms with Crippen molar-refractivity contribution in [2.24, 2.45) is 0 Å². The second-order valence-corrected chi connectivity index (χ2v) is 11.8. The van der Waals surface area contributed by atoms with Gasteiger partial charge in [0.25, 0.3) is 0 Å². The first-order chi connectivity index (χ1) is 23.4. The van der Waals surface area contributed by atoms with Crippen LogP contribution in [0, 0.1) is 6.92 Å². The molecule has 5 aromatic rings. The number of hydrogen-bond acceptors (Lipinski definition) is 12. The van der Waals surface area contributed by atoms with E-state index in [-0.39, 0.29) is 253 Å². The van der Waals surface area contributed by atoms with Crippen LogP contribution >= 0.6 is 11.3 Å². The van der Waals surface area contributed by atoms with Gasteiger partial charge in [0.2, 0.25) is 0 Å². The summed E-state index contributed by atoms with van der Waals surface area (Å²) in [6, 6.07) is 16.6. The number of anilines is 2. The predicted molar refractivity (Wildman–Crippen MR) is 201 cm³/mol. The fourth-order valence-corrected chi connectivity index (χ4v) is 6.01. The molecule has 0 atom stereocenters. The van der Waals surface area contributed by atoms with Crippen molar-refractivity contribution in [3.8, 4) is 22.1 Å². The molecule has 2 heterocycles. The Morgan fingerprint density at radius 2 is 1.25 bits per heavy atom. The monoisotopic (exact) mass is 847 g/mol. The molecule has 258 valence electrons. The van der Waals surface area contributed by atoms with Gasteiger partial charge in [-0.05, 0) is 48.9 Å². The van der Waals surface area contributed by atoms with Crippen LogP contribution in [0.4, 0.5) is 11.4 Å². The Morgan fingerprint density at radius 1 is 0.717 bits per heavy atom. The second-order valence-electron chi connectivity index (χ2n) is 10.7. The maximum absolute atomic E-state index is 13.1. The third kappa shape index (κ3) is 14.6. The van der Waals surface area contributed by atoms with Crippen molar-refractivity contribution in [2.45, 2.75) is 6.92 Å². The summed E-state index contributed by atoms with van der Waals surface area (Å²) < 4.78 is 18.4. The molecule has 0 spiro atoms. The van der Waals surface area contributed by atoms with Gasteiger partial charge >= 0.3 is 29.5 Å². The number of fused-ring (bicyclic) bond motifs is 2. The van der Waals surface area contributed by atoms with E-state index >= 15 is 0 Å². The third-order valence-corrected chi connectivity index (χ3v) is 8.11. The Morgan fingerprint density at radius 3 is 1.79 bits per heavy atom. The number of aryl methyl sites for hydroxylation is 1. The van der Waals surface area contributed by atoms with E-state index < -0.39 is 55.7 Å². The van der Waals surface area contributed by atoms with Gasteiger partial charge in [-0.15, -0.1) is 11.3 Å². The van der Waals surface area contributed by atoms with Gasteiger partial charge in [0.05, 0.1) is 27.2 Å². The molecule has 0 aliphatic rings. The van der Waals surface area contributed by atoms with Gasteiger partial charge in [-0.3, -0.25) is 19.2 Å². The smallest absolute Gasteiger partial charge is 0.346 e. The van der Waals surface area contributed by atoms with Crippen molar-refractivity contribution in [2.75, 3.05) is 49.2 Å². The zero-order valence-electron chi connectivity index (χ0n) is 29.8. The number of aromatic nitrogens is 1. The summed E-state index contributed by atoms with van der Waals surface area (Å²) in [6.45, 7) is -1.15. The number of benzene rings is 3. The van der Waals surface area contributed by atoms with Gasteiger partial charge in [0.1, 0.15) is 61.5 Å². The molecule has 15 nitrogen and oxygen atoms in total. The maximum Gasteiger partial charge on any atom is 0.346 e. The molecular formula is C33H29K4N3O12S. The fraction of sp³-hybridized carbons (Fsp3) is 0.212. The number of nitrogens with zero attached hydrogens (tertiary/aromatic N) is 3. The Kier molecular flexibility index (Phi) is 23.6. The summed E-state index contributed by atoms with van der Waals surface area (Å²) in [5, 5.41) is 38.5. The Balaban J connectivity index is 0.00000351. The molecule has 0 amide bonds. The van der Waals surface area contributed by atoms with Crippen molar-refractivity contribution in [1.29, 1.82) is 0 Å². The molecule has 0 aliphatic heterocycles. The largest absolute Gasteiger partial charge is 0.488 e. The van der Waals surface area contributed by atoms with Crippen molar-refractivity contribution >= 4 is 273 Å². The van der Waals surface area contributed by atoms with Crippen molar-refractivity contribution < 1.29 is 53.5 Å². The van der Waals surface area contributed by atoms with Gasteiger partial charge < -0.3 is 44.1 Å². The molecule has 0 saturated heterocycles. The SMILES string of the molecule is Cc1ccc(N(CC(=O)O)CC(=O)O)c(OCCOc2cc3cc(-c4nc5ccccc5s4)c(=O)oc3cc2N(CC(=O)O)CC(=O)O)c1.[K].[K].[K].[K]. The maximum atomic E-state index is 13.1. The van der Waals surface area contributed by atoms with Crippen LogP contribution in [-0.2, 0) is 19.2 Å². The van der Waals surface area contributed by atoms with Gasteiger partial charge in [-0.1, -0.05) is 18.2 Å². The van der Waals surface area contributed by atoms with Crippen molar-refractivity contribution in [3.05, 3.63) is 76.6 Å². The molecule has 0 aliphatic carbocycles. The molecule has 0 fully saturated rings. The standard InChI is InChI=1S/C33H29N3O12S.4K/c1-18-6-7-22(35(14-28(37)38)15-29(39)40)25(10-18)46-8-9-47-26-12-19-11-20(32-34-21-4-2-3-5-27(21)49-32)33(45)48-24(19)13-23(26)36(16-30(41)42)17-31(43)44;;;;/h2-7,10-13H,8-9,14-17H2,1H3,(H,37,38)(H,39,40)(H,41,42)(H,43,44);;;;. The van der Waals surface area contributed by atoms with Crippen LogP contribution in [0.2, 0.25) is 0 Å². The first-order valence-corrected chi connectivity index (χ1v) is 15.4. The predicted octanol–water partition coefficient (Wildman–Crippen LogP) is 2.26. The minimum absolute atomic E-state index is 0. The van der Waals surface area contributed by atoms with E-state index in [1.807, 2.05) is 24.3 Å². The number of thiazole rings is 1. The average Bonchev–Trinajstić information content (AvgIpc) is 3.45. The van der Waals surface area contributed by atoms with Crippen LogP contribution in [0.15, 0.2) is 69.9 Å². The van der Waals surface area contributed by atoms with Gasteiger partial charge in [0, 0.05) is 217 Å². The Hall–Kier alpha value is 0.385. The van der Waals surface area contributed by atoms with Crippen LogP contribution in [0.1, 0.15) is 5.56 Å². The minimum atomic E-state index is -1.32. The average molecular weight is 848 g/mol. The van der Waals surface area contributed by atoms with Crippen LogP contribution in [0.5, 0.6) is 11.5 Å². The summed E-state index contributed by atoms with van der Waals surface area (Å²) in [5.74, 6) is -4.86. The van der Waals surface area contributed by atoms with Crippen LogP contribution in [-0.4, -0.2) is 294 Å². The van der Waals surface area contributed by atoms with E-state index in [1.165, 1.54) is 23.5 Å². The summed E-state index contributed by atoms with van der Waals surface area (Å²) in [7, 11) is 0. The van der Waals surface area contributed by atoms with Gasteiger partial charge in [-0.2, -0.15) is 0 Å². The van der Waals surface area contributed by atoms with Crippen LogP contribution < -0.4 is 24.9 Å². The number of ether oxygens (including phenoxy) is 2. The molecule has 0 saturated carbocycles. The number of para-hydroxylation sites is 1. The van der Waals surface area contributed by atoms with Gasteiger partial charge in [-0.25, -0.2) is 9.78 Å². The zero-order valence-corrected chi connectivity index (χ0v) is 43.1. The van der Waals surface area contributed by atoms with Crippen molar-refractivity contribution in [1.82, 2.24) is 4.98 Å². The van der Waals surface area contributed by atoms with Crippen LogP contribution in [0.3, 0.4) is 0 Å². The molecule has 20 heteroatoms. The molecule has 3 aromatic carbocycles. The molecular weight excluding hydrogens is 819 g/mol. The summed E-state index contributed by atoms with van der Waals surface area (Å²) in [4.78, 5) is 66.0. The summed E-state index contributed by atoms with van der Waals surface area (Å²) in [5.41, 5.74) is 1.25. The van der Waals surface area contributed by atoms with Crippen molar-refractivity contribution in [3.63, 3.8) is 0 Å². The van der Waals surface area contributed by atoms with E-state index in [0.29, 0.717) is 15.9 Å². The molecule has 4 radical (unpaired) electrons. The molecule has 53 heavy (non-hydrogen) atoms. The summed E-state index contributed by atoms with van der Waals surface area (Å²) in [6.07, 6.45) is 0. The number of hydrogen-bond donors (Lipinski definition) is 4. The topological polar surface area (TPSA) is 217 Å². The number of carboxylic acids is 4. The molecule has 0 bridgehead atoms. The number of carbonyl (C=O) groups is 4. The molecule has 5 rings (SSSR count). The van der Waals surface area contributed by atoms with E-state index in [9.17, 15) is 44.4 Å². The molecule has 2 aromatic heterocycles. The van der Waals surface area contributed by atoms with Crippen LogP contribution in [0.25, 0.3) is 31.8 Å². The first kappa shape index (κ1) is 51.4. The van der Waals surface area contributed by atoms with E-state index in [4.69, 9.17) is 13.9 Å². The normalized spacial score (nSPS) is 10.1. The third-order valence-electron chi connectivity index (χ3n) is 7.04. The summed E-state index contributed by atoms with van der Waals surface area (Å²) >= 11 is 1.30. The minimum Gasteiger partial charge on any atom is -0.488 e. The number of rotatable bonds is 16. The Bertz CT molecular complexity index is 2080. The Labute approximate surface area is 476 Å². The molecule has 0 unspecified atom stereocenters. The fourth-order valence-electron chi connectivity index (χ4n) is 5.04. The number of carboxylic acid groups (broad SMARTS) is 4. The molecule has 4 N–H and O–H groups in total. The van der Waals surface area contributed by atoms with E-state index in [2.05, 4.69) is 4.98 Å². The first-order valence-electron chi connectivity index (χ1n) is 14.6. The quantitative estimate of drug-likeness (QED) is 0.0637. The van der Waals surface area contributed by atoms with E-state index in [1.54, 1.807) is 31.2 Å². The van der Waals surface area contributed by atoms with E-state index in [0.717, 1.165) is 20.1 Å². The number of aliphatic carboxylic acids is 4. The van der Waals surface area contributed by atoms with Gasteiger partial charge in [0.15, 0.2) is 0 Å².